The molecule has 0 spiro atoms. The van der Waals surface area contributed by atoms with Crippen LogP contribution in [0.2, 0.25) is 0 Å². The van der Waals surface area contributed by atoms with Crippen LogP contribution < -0.4 is 5.73 Å². The van der Waals surface area contributed by atoms with Crippen LogP contribution in [0.15, 0.2) is 48.5 Å². The van der Waals surface area contributed by atoms with Crippen molar-refractivity contribution in [2.24, 2.45) is 5.73 Å². The van der Waals surface area contributed by atoms with Crippen LogP contribution in [0.5, 0.6) is 0 Å². The highest BCUT2D eigenvalue weighted by atomic mass is 14.6. The highest BCUT2D eigenvalue weighted by Crippen LogP contribution is 2.22. The maximum Gasteiger partial charge on any atom is 0.0266 e. The molecule has 2 N–H and O–H groups in total. The molecular weight excluding hydrogens is 194 g/mol. The lowest BCUT2D eigenvalue weighted by Crippen LogP contribution is -2.04. The van der Waals surface area contributed by atoms with Crippen LogP contribution in [0.25, 0.3) is 11.1 Å². The maximum atomic E-state index is 5.83. The van der Waals surface area contributed by atoms with E-state index in [0.717, 1.165) is 0 Å². The van der Waals surface area contributed by atoms with Gasteiger partial charge in [0.1, 0.15) is 0 Å². The van der Waals surface area contributed by atoms with Crippen molar-refractivity contribution in [2.75, 3.05) is 0 Å². The van der Waals surface area contributed by atoms with E-state index in [2.05, 4.69) is 55.5 Å². The molecule has 0 aliphatic rings. The molecule has 16 heavy (non-hydrogen) atoms. The molecule has 0 aromatic heterocycles. The molecule has 0 heterocycles. The molecule has 0 fully saturated rings. The van der Waals surface area contributed by atoms with Crippen molar-refractivity contribution in [1.82, 2.24) is 0 Å². The zero-order valence-corrected chi connectivity index (χ0v) is 9.77. The third kappa shape index (κ3) is 2.31. The third-order valence-corrected chi connectivity index (χ3v) is 2.79. The highest BCUT2D eigenvalue weighted by molar-refractivity contribution is 5.64. The standard InChI is InChI=1S/C15H17N/c1-11-4-3-5-15(10-11)14-8-6-13(7-9-14)12(2)16/h3-10,12H,16H2,1-2H3. The summed E-state index contributed by atoms with van der Waals surface area (Å²) in [6.45, 7) is 4.11. The van der Waals surface area contributed by atoms with Gasteiger partial charge in [-0.05, 0) is 30.5 Å². The van der Waals surface area contributed by atoms with Gasteiger partial charge >= 0.3 is 0 Å². The summed E-state index contributed by atoms with van der Waals surface area (Å²) in [4.78, 5) is 0. The number of nitrogens with two attached hydrogens (primary N) is 1. The molecule has 0 amide bonds. The number of hydrogen-bond acceptors (Lipinski definition) is 1. The molecule has 1 heteroatoms. The molecule has 1 unspecified atom stereocenters. The Hall–Kier alpha value is -1.60. The molecule has 1 nitrogen and oxygen atoms in total. The summed E-state index contributed by atoms with van der Waals surface area (Å²) < 4.78 is 0. The molecule has 2 rings (SSSR count). The Morgan fingerprint density at radius 1 is 0.938 bits per heavy atom. The van der Waals surface area contributed by atoms with Gasteiger partial charge in [0.05, 0.1) is 0 Å². The lowest BCUT2D eigenvalue weighted by molar-refractivity contribution is 0.818. The van der Waals surface area contributed by atoms with Crippen LogP contribution in [0.4, 0.5) is 0 Å². The van der Waals surface area contributed by atoms with Crippen molar-refractivity contribution in [1.29, 1.82) is 0 Å². The molecule has 2 aromatic rings. The van der Waals surface area contributed by atoms with E-state index in [-0.39, 0.29) is 6.04 Å². The van der Waals surface area contributed by atoms with Gasteiger partial charge in [0.2, 0.25) is 0 Å². The van der Waals surface area contributed by atoms with Gasteiger partial charge in [0.15, 0.2) is 0 Å². The molecule has 82 valence electrons. The predicted molar refractivity (Wildman–Crippen MR) is 69.2 cm³/mol. The Labute approximate surface area is 96.9 Å². The van der Waals surface area contributed by atoms with Gasteiger partial charge in [-0.1, -0.05) is 54.1 Å². The van der Waals surface area contributed by atoms with Crippen molar-refractivity contribution in [2.45, 2.75) is 19.9 Å². The summed E-state index contributed by atoms with van der Waals surface area (Å²) in [5.74, 6) is 0. The number of aryl methyl sites for hydroxylation is 1. The minimum absolute atomic E-state index is 0.103. The first-order valence-corrected chi connectivity index (χ1v) is 5.59. The lowest BCUT2D eigenvalue weighted by Gasteiger charge is -2.07. The molecule has 0 saturated carbocycles. The van der Waals surface area contributed by atoms with E-state index in [1.54, 1.807) is 0 Å². The smallest absolute Gasteiger partial charge is 0.0266 e. The van der Waals surface area contributed by atoms with Crippen molar-refractivity contribution in [3.05, 3.63) is 59.7 Å². The minimum Gasteiger partial charge on any atom is -0.324 e. The van der Waals surface area contributed by atoms with Crippen LogP contribution >= 0.6 is 0 Å². The van der Waals surface area contributed by atoms with Gasteiger partial charge in [0, 0.05) is 6.04 Å². The van der Waals surface area contributed by atoms with E-state index < -0.39 is 0 Å². The van der Waals surface area contributed by atoms with Crippen LogP contribution in [0, 0.1) is 6.92 Å². The van der Waals surface area contributed by atoms with Gasteiger partial charge in [-0.2, -0.15) is 0 Å². The van der Waals surface area contributed by atoms with E-state index in [1.807, 2.05) is 6.92 Å². The van der Waals surface area contributed by atoms with Gasteiger partial charge in [-0.3, -0.25) is 0 Å². The summed E-state index contributed by atoms with van der Waals surface area (Å²) in [6, 6.07) is 17.1. The topological polar surface area (TPSA) is 26.0 Å². The molecule has 0 aliphatic carbocycles. The number of benzene rings is 2. The minimum atomic E-state index is 0.103. The Morgan fingerprint density at radius 3 is 2.19 bits per heavy atom. The Bertz CT molecular complexity index is 469. The second-order valence-corrected chi connectivity index (χ2v) is 4.28. The zero-order valence-electron chi connectivity index (χ0n) is 9.77. The second kappa shape index (κ2) is 4.50. The van der Waals surface area contributed by atoms with E-state index in [1.165, 1.54) is 22.3 Å². The van der Waals surface area contributed by atoms with Crippen molar-refractivity contribution >= 4 is 0 Å². The van der Waals surface area contributed by atoms with Crippen molar-refractivity contribution in [3.8, 4) is 11.1 Å². The van der Waals surface area contributed by atoms with Gasteiger partial charge < -0.3 is 5.73 Å². The van der Waals surface area contributed by atoms with E-state index in [4.69, 9.17) is 5.73 Å². The SMILES string of the molecule is Cc1cccc(-c2ccc(C(C)N)cc2)c1. The van der Waals surface area contributed by atoms with Crippen molar-refractivity contribution in [3.63, 3.8) is 0 Å². The van der Waals surface area contributed by atoms with Crippen LogP contribution in [-0.4, -0.2) is 0 Å². The molecule has 0 bridgehead atoms. The molecule has 2 aromatic carbocycles. The lowest BCUT2D eigenvalue weighted by atomic mass is 10.0. The third-order valence-electron chi connectivity index (χ3n) is 2.79. The first-order chi connectivity index (χ1) is 7.66. The summed E-state index contributed by atoms with van der Waals surface area (Å²) in [6.07, 6.45) is 0. The fourth-order valence-electron chi connectivity index (χ4n) is 1.80. The number of hydrogen-bond donors (Lipinski definition) is 1. The van der Waals surface area contributed by atoms with E-state index in [9.17, 15) is 0 Å². The van der Waals surface area contributed by atoms with Crippen LogP contribution in [0.1, 0.15) is 24.1 Å². The molecule has 0 radical (unpaired) electrons. The van der Waals surface area contributed by atoms with Gasteiger partial charge in [-0.25, -0.2) is 0 Å². The van der Waals surface area contributed by atoms with Gasteiger partial charge in [-0.15, -0.1) is 0 Å². The van der Waals surface area contributed by atoms with E-state index >= 15 is 0 Å². The summed E-state index contributed by atoms with van der Waals surface area (Å²) in [5.41, 5.74) is 10.8. The molecule has 0 saturated heterocycles. The van der Waals surface area contributed by atoms with E-state index in [0.29, 0.717) is 0 Å². The summed E-state index contributed by atoms with van der Waals surface area (Å²) >= 11 is 0. The molecule has 0 aliphatic heterocycles. The second-order valence-electron chi connectivity index (χ2n) is 4.28. The fourth-order valence-corrected chi connectivity index (χ4v) is 1.80. The van der Waals surface area contributed by atoms with Crippen LogP contribution in [0.3, 0.4) is 0 Å². The summed E-state index contributed by atoms with van der Waals surface area (Å²) in [5, 5.41) is 0. The summed E-state index contributed by atoms with van der Waals surface area (Å²) in [7, 11) is 0. The monoisotopic (exact) mass is 211 g/mol. The first-order valence-electron chi connectivity index (χ1n) is 5.59. The average molecular weight is 211 g/mol. The normalized spacial score (nSPS) is 12.4. The average Bonchev–Trinajstić information content (AvgIpc) is 2.29. The Kier molecular flexibility index (Phi) is 3.07. The molecular formula is C15H17N. The first kappa shape index (κ1) is 10.9. The largest absolute Gasteiger partial charge is 0.324 e. The fraction of sp³-hybridized carbons (Fsp3) is 0.200. The quantitative estimate of drug-likeness (QED) is 0.805. The zero-order chi connectivity index (χ0) is 11.5. The Morgan fingerprint density at radius 2 is 1.62 bits per heavy atom. The van der Waals surface area contributed by atoms with Crippen LogP contribution in [-0.2, 0) is 0 Å². The highest BCUT2D eigenvalue weighted by Gasteiger charge is 2.00. The van der Waals surface area contributed by atoms with Crippen molar-refractivity contribution < 1.29 is 0 Å². The maximum absolute atomic E-state index is 5.83. The Balaban J connectivity index is 2.35. The number of rotatable bonds is 2. The predicted octanol–water partition coefficient (Wildman–Crippen LogP) is 3.68. The molecule has 1 atom stereocenters. The van der Waals surface area contributed by atoms with Gasteiger partial charge in [0.25, 0.3) is 0 Å².